The zero-order valence-corrected chi connectivity index (χ0v) is 19.8. The van der Waals surface area contributed by atoms with Crippen LogP contribution in [0.3, 0.4) is 0 Å². The van der Waals surface area contributed by atoms with Crippen LogP contribution in [-0.2, 0) is 11.3 Å². The van der Waals surface area contributed by atoms with Crippen molar-refractivity contribution in [2.45, 2.75) is 45.3 Å². The van der Waals surface area contributed by atoms with E-state index < -0.39 is 0 Å². The summed E-state index contributed by atoms with van der Waals surface area (Å²) in [5, 5.41) is 7.13. The van der Waals surface area contributed by atoms with E-state index in [1.807, 2.05) is 7.05 Å². The van der Waals surface area contributed by atoms with E-state index in [9.17, 15) is 0 Å². The molecule has 0 saturated carbocycles. The van der Waals surface area contributed by atoms with Crippen LogP contribution in [0, 0.1) is 0 Å². The molecule has 0 unspecified atom stereocenters. The number of piperidine rings is 1. The average Bonchev–Trinajstić information content (AvgIpc) is 2.72. The van der Waals surface area contributed by atoms with E-state index in [0.29, 0.717) is 12.1 Å². The molecule has 6 nitrogen and oxygen atoms in total. The molecule has 1 aromatic carbocycles. The summed E-state index contributed by atoms with van der Waals surface area (Å²) in [5.41, 5.74) is 2.60. The number of hydrogen-bond acceptors (Lipinski definition) is 4. The Labute approximate surface area is 187 Å². The van der Waals surface area contributed by atoms with Crippen LogP contribution < -0.4 is 15.5 Å². The summed E-state index contributed by atoms with van der Waals surface area (Å²) in [4.78, 5) is 9.40. The molecule has 2 aliphatic heterocycles. The molecule has 158 valence electrons. The molecule has 2 heterocycles. The van der Waals surface area contributed by atoms with E-state index in [1.165, 1.54) is 24.1 Å². The quantitative estimate of drug-likeness (QED) is 0.369. The SMILES string of the molecule is CN=C(NCc1ccccc1N1CCOCC1)NC1CCN(C(C)C)CC1.I. The minimum atomic E-state index is 0. The van der Waals surface area contributed by atoms with Crippen LogP contribution in [0.1, 0.15) is 32.3 Å². The fourth-order valence-corrected chi connectivity index (χ4v) is 3.90. The normalized spacial score (nSPS) is 19.4. The number of ether oxygens (including phenoxy) is 1. The Bertz CT molecular complexity index is 611. The van der Waals surface area contributed by atoms with Crippen LogP contribution in [0.25, 0.3) is 0 Å². The Morgan fingerprint density at radius 1 is 1.14 bits per heavy atom. The number of para-hydroxylation sites is 1. The van der Waals surface area contributed by atoms with Gasteiger partial charge in [0.15, 0.2) is 5.96 Å². The number of aliphatic imine (C=N–C) groups is 1. The highest BCUT2D eigenvalue weighted by molar-refractivity contribution is 14.0. The van der Waals surface area contributed by atoms with Crippen molar-refractivity contribution in [2.24, 2.45) is 4.99 Å². The fourth-order valence-electron chi connectivity index (χ4n) is 3.90. The van der Waals surface area contributed by atoms with Crippen molar-refractivity contribution in [1.29, 1.82) is 0 Å². The largest absolute Gasteiger partial charge is 0.378 e. The molecule has 0 amide bonds. The van der Waals surface area contributed by atoms with Gasteiger partial charge in [-0.1, -0.05) is 18.2 Å². The van der Waals surface area contributed by atoms with Crippen LogP contribution >= 0.6 is 24.0 Å². The van der Waals surface area contributed by atoms with Crippen LogP contribution in [0.15, 0.2) is 29.3 Å². The third kappa shape index (κ3) is 6.49. The number of nitrogens with zero attached hydrogens (tertiary/aromatic N) is 3. The number of morpholine rings is 1. The monoisotopic (exact) mass is 501 g/mol. The highest BCUT2D eigenvalue weighted by Crippen LogP contribution is 2.21. The molecule has 2 N–H and O–H groups in total. The highest BCUT2D eigenvalue weighted by Gasteiger charge is 2.21. The standard InChI is InChI=1S/C21H35N5O.HI/c1-17(2)25-10-8-19(9-11-25)24-21(22-3)23-16-18-6-4-5-7-20(18)26-12-14-27-15-13-26;/h4-7,17,19H,8-16H2,1-3H3,(H2,22,23,24);1H. The number of benzene rings is 1. The molecule has 0 spiro atoms. The second-order valence-corrected chi connectivity index (χ2v) is 7.70. The fraction of sp³-hybridized carbons (Fsp3) is 0.667. The van der Waals surface area contributed by atoms with Crippen molar-refractivity contribution in [3.8, 4) is 0 Å². The van der Waals surface area contributed by atoms with Gasteiger partial charge >= 0.3 is 0 Å². The van der Waals surface area contributed by atoms with Gasteiger partial charge in [-0.25, -0.2) is 0 Å². The highest BCUT2D eigenvalue weighted by atomic mass is 127. The van der Waals surface area contributed by atoms with Gasteiger partial charge in [0.2, 0.25) is 0 Å². The summed E-state index contributed by atoms with van der Waals surface area (Å²) in [6, 6.07) is 9.77. The summed E-state index contributed by atoms with van der Waals surface area (Å²) in [5.74, 6) is 0.898. The van der Waals surface area contributed by atoms with E-state index in [0.717, 1.165) is 51.9 Å². The maximum atomic E-state index is 5.49. The molecule has 1 aromatic rings. The summed E-state index contributed by atoms with van der Waals surface area (Å²) in [6.07, 6.45) is 2.34. The first-order valence-corrected chi connectivity index (χ1v) is 10.3. The van der Waals surface area contributed by atoms with Crippen LogP contribution in [0.4, 0.5) is 5.69 Å². The zero-order valence-electron chi connectivity index (χ0n) is 17.5. The number of halogens is 1. The van der Waals surface area contributed by atoms with Gasteiger partial charge in [-0.15, -0.1) is 24.0 Å². The number of likely N-dealkylation sites (tertiary alicyclic amines) is 1. The maximum Gasteiger partial charge on any atom is 0.191 e. The van der Waals surface area contributed by atoms with Crippen molar-refractivity contribution < 1.29 is 4.74 Å². The Morgan fingerprint density at radius 3 is 2.46 bits per heavy atom. The smallest absolute Gasteiger partial charge is 0.191 e. The van der Waals surface area contributed by atoms with Crippen LogP contribution in [0.2, 0.25) is 0 Å². The molecule has 0 aromatic heterocycles. The first-order chi connectivity index (χ1) is 13.2. The third-order valence-electron chi connectivity index (χ3n) is 5.61. The summed E-state index contributed by atoms with van der Waals surface area (Å²) >= 11 is 0. The second-order valence-electron chi connectivity index (χ2n) is 7.70. The molecule has 28 heavy (non-hydrogen) atoms. The number of rotatable bonds is 5. The maximum absolute atomic E-state index is 5.49. The average molecular weight is 501 g/mol. The first kappa shape index (κ1) is 23.2. The minimum absolute atomic E-state index is 0. The molecule has 3 rings (SSSR count). The molecule has 2 aliphatic rings. The molecule has 0 radical (unpaired) electrons. The lowest BCUT2D eigenvalue weighted by Crippen LogP contribution is -2.49. The van der Waals surface area contributed by atoms with Crippen molar-refractivity contribution in [3.05, 3.63) is 29.8 Å². The van der Waals surface area contributed by atoms with E-state index in [1.54, 1.807) is 0 Å². The minimum Gasteiger partial charge on any atom is -0.378 e. The zero-order chi connectivity index (χ0) is 19.1. The van der Waals surface area contributed by atoms with Gasteiger partial charge in [0.1, 0.15) is 0 Å². The Hall–Kier alpha value is -1.06. The molecule has 2 fully saturated rings. The van der Waals surface area contributed by atoms with Gasteiger partial charge in [0.25, 0.3) is 0 Å². The molecule has 0 aliphatic carbocycles. The molecule has 0 bridgehead atoms. The summed E-state index contributed by atoms with van der Waals surface area (Å²) in [7, 11) is 1.85. The van der Waals surface area contributed by atoms with Gasteiger partial charge in [0, 0.05) is 57.5 Å². The van der Waals surface area contributed by atoms with Crippen molar-refractivity contribution in [2.75, 3.05) is 51.3 Å². The summed E-state index contributed by atoms with van der Waals surface area (Å²) in [6.45, 7) is 11.2. The Kier molecular flexibility index (Phi) is 9.81. The van der Waals surface area contributed by atoms with Crippen molar-refractivity contribution in [3.63, 3.8) is 0 Å². The van der Waals surface area contributed by atoms with E-state index >= 15 is 0 Å². The molecule has 7 heteroatoms. The number of anilines is 1. The van der Waals surface area contributed by atoms with E-state index in [4.69, 9.17) is 4.74 Å². The lowest BCUT2D eigenvalue weighted by molar-refractivity contribution is 0.122. The van der Waals surface area contributed by atoms with Gasteiger partial charge in [0.05, 0.1) is 13.2 Å². The topological polar surface area (TPSA) is 52.1 Å². The first-order valence-electron chi connectivity index (χ1n) is 10.3. The number of guanidine groups is 1. The number of hydrogen-bond donors (Lipinski definition) is 2. The lowest BCUT2D eigenvalue weighted by Gasteiger charge is -2.35. The van der Waals surface area contributed by atoms with Crippen LogP contribution in [-0.4, -0.2) is 69.4 Å². The van der Waals surface area contributed by atoms with Crippen LogP contribution in [0.5, 0.6) is 0 Å². The third-order valence-corrected chi connectivity index (χ3v) is 5.61. The second kappa shape index (κ2) is 11.8. The summed E-state index contributed by atoms with van der Waals surface area (Å²) < 4.78 is 5.49. The predicted octanol–water partition coefficient (Wildman–Crippen LogP) is 2.68. The Balaban J connectivity index is 0.00000280. The van der Waals surface area contributed by atoms with Crippen molar-refractivity contribution >= 4 is 35.6 Å². The van der Waals surface area contributed by atoms with Gasteiger partial charge < -0.3 is 25.2 Å². The molecule has 0 atom stereocenters. The molecular weight excluding hydrogens is 465 g/mol. The lowest BCUT2D eigenvalue weighted by atomic mass is 10.0. The molecular formula is C21H36IN5O. The van der Waals surface area contributed by atoms with Gasteiger partial charge in [-0.05, 0) is 38.3 Å². The number of nitrogens with one attached hydrogen (secondary N) is 2. The van der Waals surface area contributed by atoms with Gasteiger partial charge in [-0.3, -0.25) is 4.99 Å². The van der Waals surface area contributed by atoms with E-state index in [-0.39, 0.29) is 24.0 Å². The molecule has 2 saturated heterocycles. The van der Waals surface area contributed by atoms with Gasteiger partial charge in [-0.2, -0.15) is 0 Å². The predicted molar refractivity (Wildman–Crippen MR) is 128 cm³/mol. The van der Waals surface area contributed by atoms with E-state index in [2.05, 4.69) is 63.5 Å². The van der Waals surface area contributed by atoms with Crippen molar-refractivity contribution in [1.82, 2.24) is 15.5 Å². The Morgan fingerprint density at radius 2 is 1.82 bits per heavy atom.